The van der Waals surface area contributed by atoms with Crippen LogP contribution < -0.4 is 0 Å². The number of amides is 1. The van der Waals surface area contributed by atoms with E-state index in [9.17, 15) is 4.79 Å². The molecule has 0 bridgehead atoms. The van der Waals surface area contributed by atoms with Crippen molar-refractivity contribution in [1.82, 2.24) is 4.90 Å². The minimum absolute atomic E-state index is 0.198. The number of aryl methyl sites for hydroxylation is 1. The average Bonchev–Trinajstić information content (AvgIpc) is 3.08. The Hall–Kier alpha value is -1.35. The number of morpholine rings is 1. The van der Waals surface area contributed by atoms with Crippen LogP contribution in [0.1, 0.15) is 37.7 Å². The quantitative estimate of drug-likeness (QED) is 0.852. The number of carbonyl (C=O) groups excluding carboxylic acids is 1. The van der Waals surface area contributed by atoms with E-state index in [1.54, 1.807) is 0 Å². The predicted octanol–water partition coefficient (Wildman–Crippen LogP) is 3.04. The fourth-order valence-electron chi connectivity index (χ4n) is 3.50. The highest BCUT2D eigenvalue weighted by molar-refractivity contribution is 5.79. The fraction of sp³-hybridized carbons (Fsp3) is 0.611. The third-order valence-electron chi connectivity index (χ3n) is 4.75. The van der Waals surface area contributed by atoms with Crippen LogP contribution in [-0.2, 0) is 16.0 Å². The van der Waals surface area contributed by atoms with Crippen molar-refractivity contribution in [2.75, 3.05) is 19.7 Å². The lowest BCUT2D eigenvalue weighted by Crippen LogP contribution is -2.47. The third kappa shape index (κ3) is 3.85. The summed E-state index contributed by atoms with van der Waals surface area (Å²) < 4.78 is 5.85. The molecule has 1 saturated heterocycles. The Kier molecular flexibility index (Phi) is 4.91. The lowest BCUT2D eigenvalue weighted by atomic mass is 10.0. The Labute approximate surface area is 127 Å². The Balaban J connectivity index is 1.49. The lowest BCUT2D eigenvalue weighted by molar-refractivity contribution is -0.143. The monoisotopic (exact) mass is 287 g/mol. The van der Waals surface area contributed by atoms with Crippen LogP contribution in [0.5, 0.6) is 0 Å². The molecule has 3 rings (SSSR count). The first-order valence-electron chi connectivity index (χ1n) is 8.27. The Morgan fingerprint density at radius 1 is 1.19 bits per heavy atom. The highest BCUT2D eigenvalue weighted by atomic mass is 16.5. The summed E-state index contributed by atoms with van der Waals surface area (Å²) in [5.41, 5.74) is 1.35. The first-order valence-corrected chi connectivity index (χ1v) is 8.27. The molecule has 1 saturated carbocycles. The number of benzene rings is 1. The smallest absolute Gasteiger partial charge is 0.225 e. The Bertz CT molecular complexity index is 454. The van der Waals surface area contributed by atoms with Gasteiger partial charge in [0.15, 0.2) is 0 Å². The fourth-order valence-corrected chi connectivity index (χ4v) is 3.50. The van der Waals surface area contributed by atoms with Crippen molar-refractivity contribution in [3.63, 3.8) is 0 Å². The third-order valence-corrected chi connectivity index (χ3v) is 4.75. The standard InChI is InChI=1S/C18H25NO2/c20-18(16-8-4-5-9-16)19-12-13-21-17(14-19)11-10-15-6-2-1-3-7-15/h1-3,6-7,16-17H,4-5,8-14H2. The van der Waals surface area contributed by atoms with Gasteiger partial charge in [0.1, 0.15) is 0 Å². The molecule has 1 heterocycles. The molecule has 1 atom stereocenters. The van der Waals surface area contributed by atoms with Crippen LogP contribution in [0.2, 0.25) is 0 Å². The second-order valence-corrected chi connectivity index (χ2v) is 6.28. The summed E-state index contributed by atoms with van der Waals surface area (Å²) in [5, 5.41) is 0. The molecule has 21 heavy (non-hydrogen) atoms. The largest absolute Gasteiger partial charge is 0.375 e. The second-order valence-electron chi connectivity index (χ2n) is 6.28. The molecule has 1 amide bonds. The van der Waals surface area contributed by atoms with Crippen molar-refractivity contribution >= 4 is 5.91 Å². The first kappa shape index (κ1) is 14.6. The van der Waals surface area contributed by atoms with Gasteiger partial charge in [-0.2, -0.15) is 0 Å². The Morgan fingerprint density at radius 2 is 1.95 bits per heavy atom. The van der Waals surface area contributed by atoms with Gasteiger partial charge in [-0.15, -0.1) is 0 Å². The van der Waals surface area contributed by atoms with E-state index in [1.165, 1.54) is 18.4 Å². The van der Waals surface area contributed by atoms with Crippen LogP contribution in [0.4, 0.5) is 0 Å². The number of hydrogen-bond donors (Lipinski definition) is 0. The summed E-state index contributed by atoms with van der Waals surface area (Å²) in [6.07, 6.45) is 6.84. The maximum absolute atomic E-state index is 12.5. The van der Waals surface area contributed by atoms with Gasteiger partial charge < -0.3 is 9.64 Å². The van der Waals surface area contributed by atoms with Crippen molar-refractivity contribution in [3.05, 3.63) is 35.9 Å². The van der Waals surface area contributed by atoms with Gasteiger partial charge in [-0.05, 0) is 31.2 Å². The molecule has 114 valence electrons. The molecule has 3 nitrogen and oxygen atoms in total. The molecule has 2 fully saturated rings. The van der Waals surface area contributed by atoms with Crippen molar-refractivity contribution in [2.24, 2.45) is 5.92 Å². The molecule has 0 N–H and O–H groups in total. The van der Waals surface area contributed by atoms with Gasteiger partial charge in [0.25, 0.3) is 0 Å². The van der Waals surface area contributed by atoms with Gasteiger partial charge in [0, 0.05) is 19.0 Å². The van der Waals surface area contributed by atoms with E-state index in [2.05, 4.69) is 29.2 Å². The van der Waals surface area contributed by atoms with Crippen molar-refractivity contribution in [2.45, 2.75) is 44.6 Å². The average molecular weight is 287 g/mol. The number of nitrogens with zero attached hydrogens (tertiary/aromatic N) is 1. The topological polar surface area (TPSA) is 29.5 Å². The van der Waals surface area contributed by atoms with E-state index in [0.717, 1.165) is 38.8 Å². The molecular formula is C18H25NO2. The van der Waals surface area contributed by atoms with Gasteiger partial charge in [-0.3, -0.25) is 4.79 Å². The van der Waals surface area contributed by atoms with Gasteiger partial charge in [0.2, 0.25) is 5.91 Å². The maximum Gasteiger partial charge on any atom is 0.225 e. The predicted molar refractivity (Wildman–Crippen MR) is 83.0 cm³/mol. The van der Waals surface area contributed by atoms with Crippen LogP contribution in [0.15, 0.2) is 30.3 Å². The zero-order chi connectivity index (χ0) is 14.5. The van der Waals surface area contributed by atoms with Crippen LogP contribution in [0, 0.1) is 5.92 Å². The molecule has 1 unspecified atom stereocenters. The second kappa shape index (κ2) is 7.08. The molecule has 3 heteroatoms. The molecule has 0 radical (unpaired) electrons. The minimum atomic E-state index is 0.198. The number of rotatable bonds is 4. The van der Waals surface area contributed by atoms with Crippen molar-refractivity contribution in [1.29, 1.82) is 0 Å². The van der Waals surface area contributed by atoms with Crippen molar-refractivity contribution in [3.8, 4) is 0 Å². The van der Waals surface area contributed by atoms with Crippen LogP contribution >= 0.6 is 0 Å². The summed E-state index contributed by atoms with van der Waals surface area (Å²) in [5.74, 6) is 0.665. The normalized spacial score (nSPS) is 23.4. The van der Waals surface area contributed by atoms with Gasteiger partial charge in [-0.25, -0.2) is 0 Å². The number of hydrogen-bond acceptors (Lipinski definition) is 2. The van der Waals surface area contributed by atoms with E-state index in [1.807, 2.05) is 6.07 Å². The summed E-state index contributed by atoms with van der Waals surface area (Å²) in [6, 6.07) is 10.5. The summed E-state index contributed by atoms with van der Waals surface area (Å²) in [7, 11) is 0. The number of ether oxygens (including phenoxy) is 1. The summed E-state index contributed by atoms with van der Waals surface area (Å²) in [6.45, 7) is 2.25. The summed E-state index contributed by atoms with van der Waals surface area (Å²) in [4.78, 5) is 14.5. The van der Waals surface area contributed by atoms with Crippen LogP contribution in [0.3, 0.4) is 0 Å². The zero-order valence-corrected chi connectivity index (χ0v) is 12.7. The molecule has 1 aliphatic heterocycles. The van der Waals surface area contributed by atoms with Crippen LogP contribution in [-0.4, -0.2) is 36.6 Å². The number of carbonyl (C=O) groups is 1. The minimum Gasteiger partial charge on any atom is -0.375 e. The molecule has 1 aromatic carbocycles. The molecular weight excluding hydrogens is 262 g/mol. The molecule has 0 aromatic heterocycles. The molecule has 0 spiro atoms. The highest BCUT2D eigenvalue weighted by Gasteiger charge is 2.30. The van der Waals surface area contributed by atoms with Gasteiger partial charge >= 0.3 is 0 Å². The molecule has 1 aromatic rings. The van der Waals surface area contributed by atoms with E-state index < -0.39 is 0 Å². The van der Waals surface area contributed by atoms with E-state index in [4.69, 9.17) is 4.74 Å². The Morgan fingerprint density at radius 3 is 2.71 bits per heavy atom. The van der Waals surface area contributed by atoms with Gasteiger partial charge in [0.05, 0.1) is 12.7 Å². The first-order chi connectivity index (χ1) is 10.3. The van der Waals surface area contributed by atoms with Crippen molar-refractivity contribution < 1.29 is 9.53 Å². The van der Waals surface area contributed by atoms with Gasteiger partial charge in [-0.1, -0.05) is 43.2 Å². The zero-order valence-electron chi connectivity index (χ0n) is 12.7. The van der Waals surface area contributed by atoms with Crippen LogP contribution in [0.25, 0.3) is 0 Å². The molecule has 2 aliphatic rings. The lowest BCUT2D eigenvalue weighted by Gasteiger charge is -2.34. The summed E-state index contributed by atoms with van der Waals surface area (Å²) >= 11 is 0. The maximum atomic E-state index is 12.5. The molecule has 1 aliphatic carbocycles. The van der Waals surface area contributed by atoms with E-state index in [-0.39, 0.29) is 12.0 Å². The van der Waals surface area contributed by atoms with E-state index >= 15 is 0 Å². The highest BCUT2D eigenvalue weighted by Crippen LogP contribution is 2.27. The van der Waals surface area contributed by atoms with E-state index in [0.29, 0.717) is 12.5 Å². The SMILES string of the molecule is O=C(C1CCCC1)N1CCOC(CCc2ccccc2)C1.